The highest BCUT2D eigenvalue weighted by Gasteiger charge is 2.39. The molecule has 1 aromatic heterocycles. The predicted molar refractivity (Wildman–Crippen MR) is 213 cm³/mol. The van der Waals surface area contributed by atoms with Crippen molar-refractivity contribution in [1.29, 1.82) is 5.26 Å². The van der Waals surface area contributed by atoms with Crippen LogP contribution in [0.4, 0.5) is 0 Å². The van der Waals surface area contributed by atoms with Gasteiger partial charge in [-0.3, -0.25) is 29.3 Å². The van der Waals surface area contributed by atoms with Gasteiger partial charge in [0.1, 0.15) is 12.1 Å². The second-order valence-electron chi connectivity index (χ2n) is 14.6. The average Bonchev–Trinajstić information content (AvgIpc) is 3.65. The molecule has 0 bridgehead atoms. The molecule has 0 saturated carbocycles. The van der Waals surface area contributed by atoms with Crippen molar-refractivity contribution in [3.63, 3.8) is 0 Å². The van der Waals surface area contributed by atoms with Crippen molar-refractivity contribution >= 4 is 29.3 Å². The minimum absolute atomic E-state index is 0.175. The monoisotopic (exact) mass is 756 g/mol. The van der Waals surface area contributed by atoms with Gasteiger partial charge in [0.05, 0.1) is 22.8 Å². The maximum Gasteiger partial charge on any atom is 0.255 e. The lowest BCUT2D eigenvalue weighted by molar-refractivity contribution is -0.136. The van der Waals surface area contributed by atoms with Crippen LogP contribution in [0.15, 0.2) is 84.9 Å². The highest BCUT2D eigenvalue weighted by Crippen LogP contribution is 2.30. The Bertz CT molecular complexity index is 2570. The lowest BCUT2D eigenvalue weighted by atomic mass is 9.98. The van der Waals surface area contributed by atoms with E-state index < -0.39 is 11.9 Å². The average molecular weight is 757 g/mol. The van der Waals surface area contributed by atoms with Gasteiger partial charge in [0.25, 0.3) is 5.91 Å². The van der Waals surface area contributed by atoms with Crippen molar-refractivity contribution in [1.82, 2.24) is 24.9 Å². The molecule has 1 N–H and O–H groups in total. The van der Waals surface area contributed by atoms with E-state index >= 15 is 0 Å². The molecule has 4 aromatic carbocycles. The number of piperidine rings is 1. The summed E-state index contributed by atoms with van der Waals surface area (Å²) in [6, 6.07) is 29.1. The Kier molecular flexibility index (Phi) is 10.0. The molecule has 3 aliphatic heterocycles. The van der Waals surface area contributed by atoms with E-state index in [0.29, 0.717) is 35.7 Å². The van der Waals surface area contributed by atoms with Gasteiger partial charge in [-0.05, 0) is 97.1 Å². The third-order valence-corrected chi connectivity index (χ3v) is 11.1. The first-order chi connectivity index (χ1) is 27.1. The van der Waals surface area contributed by atoms with Crippen LogP contribution in [0.3, 0.4) is 0 Å². The second-order valence-corrected chi connectivity index (χ2v) is 15.0. The molecule has 3 aliphatic rings. The van der Waals surface area contributed by atoms with Gasteiger partial charge in [-0.2, -0.15) is 10.4 Å². The number of carbonyl (C=O) groups is 3. The molecule has 4 heterocycles. The molecule has 3 amide bonds. The first kappa shape index (κ1) is 36.5. The summed E-state index contributed by atoms with van der Waals surface area (Å²) in [6.45, 7) is 7.72. The van der Waals surface area contributed by atoms with Crippen molar-refractivity contribution < 1.29 is 14.4 Å². The summed E-state index contributed by atoms with van der Waals surface area (Å²) in [4.78, 5) is 40.8. The van der Waals surface area contributed by atoms with Crippen molar-refractivity contribution in [2.45, 2.75) is 52.4 Å². The molecule has 0 spiro atoms. The minimum atomic E-state index is -0.620. The lowest BCUT2D eigenvalue weighted by Gasteiger charge is -2.36. The van der Waals surface area contributed by atoms with Crippen LogP contribution in [-0.4, -0.2) is 56.4 Å². The van der Waals surface area contributed by atoms with Gasteiger partial charge in [0, 0.05) is 72.0 Å². The summed E-state index contributed by atoms with van der Waals surface area (Å²) >= 11 is 6.29. The third-order valence-electron chi connectivity index (χ3n) is 10.8. The number of carbonyl (C=O) groups excluding carboxylic acids is 3. The number of halogens is 1. The Morgan fingerprint density at radius 1 is 0.839 bits per heavy atom. The number of nitrogens with zero attached hydrogens (tertiary/aromatic N) is 5. The molecule has 2 fully saturated rings. The Hall–Kier alpha value is -6.44. The zero-order valence-electron chi connectivity index (χ0n) is 31.0. The van der Waals surface area contributed by atoms with E-state index in [1.54, 1.807) is 23.1 Å². The molecule has 8 rings (SSSR count). The summed E-state index contributed by atoms with van der Waals surface area (Å²) in [6.07, 6.45) is 0.585. The zero-order valence-corrected chi connectivity index (χ0v) is 31.8. The number of benzene rings is 4. The number of hydrogen-bond donors (Lipinski definition) is 1. The number of fused-ring (bicyclic) bond motifs is 1. The van der Waals surface area contributed by atoms with E-state index in [-0.39, 0.29) is 24.2 Å². The van der Waals surface area contributed by atoms with E-state index in [9.17, 15) is 19.6 Å². The van der Waals surface area contributed by atoms with Gasteiger partial charge < -0.3 is 4.90 Å². The van der Waals surface area contributed by atoms with E-state index in [1.807, 2.05) is 35.0 Å². The number of hydrogen-bond acceptors (Lipinski definition) is 6. The van der Waals surface area contributed by atoms with Gasteiger partial charge in [-0.15, -0.1) is 0 Å². The van der Waals surface area contributed by atoms with Crippen molar-refractivity contribution in [3.8, 4) is 41.0 Å². The normalized spacial score (nSPS) is 16.6. The smallest absolute Gasteiger partial charge is 0.255 e. The number of nitrogens with one attached hydrogen (secondary N) is 1. The summed E-state index contributed by atoms with van der Waals surface area (Å²) < 4.78 is 1.99. The Balaban J connectivity index is 0.814. The minimum Gasteiger partial charge on any atom is -0.322 e. The van der Waals surface area contributed by atoms with E-state index in [4.69, 9.17) is 16.7 Å². The lowest BCUT2D eigenvalue weighted by Crippen LogP contribution is -2.52. The maximum absolute atomic E-state index is 13.0. The van der Waals surface area contributed by atoms with E-state index in [1.165, 1.54) is 5.56 Å². The van der Waals surface area contributed by atoms with Gasteiger partial charge in [-0.25, -0.2) is 0 Å². The predicted octanol–water partition coefficient (Wildman–Crippen LogP) is 6.38. The molecule has 1 unspecified atom stereocenters. The van der Waals surface area contributed by atoms with Gasteiger partial charge >= 0.3 is 0 Å². The van der Waals surface area contributed by atoms with Crippen LogP contribution in [-0.2, 0) is 29.2 Å². The van der Waals surface area contributed by atoms with Gasteiger partial charge in [0.2, 0.25) is 11.8 Å². The molecule has 0 radical (unpaired) electrons. The largest absolute Gasteiger partial charge is 0.322 e. The number of likely N-dealkylation sites (tertiary alicyclic amines) is 1. The Morgan fingerprint density at radius 2 is 1.52 bits per heavy atom. The number of rotatable bonds is 6. The molecule has 9 nitrogen and oxygen atoms in total. The van der Waals surface area contributed by atoms with Crippen molar-refractivity contribution in [2.24, 2.45) is 5.92 Å². The van der Waals surface area contributed by atoms with Crippen LogP contribution < -0.4 is 5.32 Å². The first-order valence-electron chi connectivity index (χ1n) is 18.6. The summed E-state index contributed by atoms with van der Waals surface area (Å²) in [5, 5.41) is 16.9. The van der Waals surface area contributed by atoms with Crippen LogP contribution in [0.5, 0.6) is 0 Å². The van der Waals surface area contributed by atoms with Crippen LogP contribution in [0, 0.1) is 54.8 Å². The topological polar surface area (TPSA) is 111 Å². The zero-order chi connectivity index (χ0) is 38.9. The van der Waals surface area contributed by atoms with Crippen molar-refractivity contribution in [3.05, 3.63) is 146 Å². The SMILES string of the molecule is Cc1c(-c2ccc(C#N)c(Cl)c2)nn(Cc2ccc(C#Cc3ccc(CN4CC(C#Cc5ccc6c(c5)CN(C5CCC(=O)NC5=O)C6=O)C4)cc3)cc2)c1C. The molecule has 56 heavy (non-hydrogen) atoms. The van der Waals surface area contributed by atoms with Gasteiger partial charge in [0.15, 0.2) is 0 Å². The fraction of sp³-hybridized carbons (Fsp3) is 0.239. The summed E-state index contributed by atoms with van der Waals surface area (Å²) in [5.41, 5.74) is 10.9. The highest BCUT2D eigenvalue weighted by atomic mass is 35.5. The molecular weight excluding hydrogens is 720 g/mol. The molecule has 5 aromatic rings. The maximum atomic E-state index is 13.0. The standard InChI is InChI=1S/C46H37ClN6O3/c1-29-30(2)53(50-44(29)37-16-17-38(23-48)41(47)22-37)27-35-12-7-32(8-13-35)4-3-31-5-10-34(11-6-31)24-51-25-36(26-51)14-9-33-15-18-40-39(21-33)28-52(46(40)56)42-19-20-43(54)49-45(42)55/h5-8,10-13,15-18,21-22,36,42H,19-20,24-28H2,1-2H3,(H,49,54,55). The van der Waals surface area contributed by atoms with Crippen molar-refractivity contribution in [2.75, 3.05) is 13.1 Å². The quantitative estimate of drug-likeness (QED) is 0.159. The fourth-order valence-electron chi connectivity index (χ4n) is 7.41. The highest BCUT2D eigenvalue weighted by molar-refractivity contribution is 6.32. The van der Waals surface area contributed by atoms with Crippen LogP contribution in [0.2, 0.25) is 5.02 Å². The molecule has 1 atom stereocenters. The number of nitriles is 1. The molecule has 2 saturated heterocycles. The Morgan fingerprint density at radius 3 is 2.18 bits per heavy atom. The van der Waals surface area contributed by atoms with E-state index in [2.05, 4.69) is 90.2 Å². The Labute approximate surface area is 330 Å². The molecule has 0 aliphatic carbocycles. The summed E-state index contributed by atoms with van der Waals surface area (Å²) in [7, 11) is 0. The third kappa shape index (κ3) is 7.59. The second kappa shape index (κ2) is 15.4. The molecule has 276 valence electrons. The van der Waals surface area contributed by atoms with Crippen LogP contribution in [0.25, 0.3) is 11.3 Å². The number of aromatic nitrogens is 2. The fourth-order valence-corrected chi connectivity index (χ4v) is 7.63. The molecular formula is C46H37ClN6O3. The number of imide groups is 1. The van der Waals surface area contributed by atoms with Gasteiger partial charge in [-0.1, -0.05) is 65.6 Å². The summed E-state index contributed by atoms with van der Waals surface area (Å²) in [5.74, 6) is 12.7. The van der Waals surface area contributed by atoms with E-state index in [0.717, 1.165) is 70.0 Å². The molecule has 10 heteroatoms. The number of amides is 3. The van der Waals surface area contributed by atoms with Crippen LogP contribution in [0.1, 0.15) is 73.4 Å². The van der Waals surface area contributed by atoms with Crippen LogP contribution >= 0.6 is 11.6 Å². The first-order valence-corrected chi connectivity index (χ1v) is 18.9.